The lowest BCUT2D eigenvalue weighted by molar-refractivity contribution is 0.382. The number of rotatable bonds is 3. The third-order valence-corrected chi connectivity index (χ3v) is 5.05. The molecule has 2 unspecified atom stereocenters. The first-order valence-electron chi connectivity index (χ1n) is 4.98. The Morgan fingerprint density at radius 3 is 2.62 bits per heavy atom. The summed E-state index contributed by atoms with van der Waals surface area (Å²) in [7, 11) is -2.89. The molecule has 0 aliphatic heterocycles. The Balaban J connectivity index is 2.60. The predicted octanol–water partition coefficient (Wildman–Crippen LogP) is 0.939. The lowest BCUT2D eigenvalue weighted by atomic mass is 9.91. The van der Waals surface area contributed by atoms with Crippen molar-refractivity contribution < 1.29 is 8.42 Å². The molecule has 0 aromatic carbocycles. The zero-order valence-corrected chi connectivity index (χ0v) is 9.02. The second-order valence-electron chi connectivity index (χ2n) is 4.05. The molecule has 78 valence electrons. The summed E-state index contributed by atoms with van der Waals surface area (Å²) in [6, 6.07) is 0. The molecule has 0 aromatic rings. The van der Waals surface area contributed by atoms with Crippen LogP contribution in [0, 0.1) is 5.92 Å². The number of sulfone groups is 1. The molecule has 0 bridgehead atoms. The van der Waals surface area contributed by atoms with Gasteiger partial charge in [0.2, 0.25) is 0 Å². The molecule has 1 saturated carbocycles. The maximum Gasteiger partial charge on any atom is 0.154 e. The van der Waals surface area contributed by atoms with E-state index >= 15 is 0 Å². The molecule has 0 aromatic heterocycles. The molecule has 0 amide bonds. The Hall–Kier alpha value is -0.0900. The van der Waals surface area contributed by atoms with Crippen LogP contribution in [0.3, 0.4) is 0 Å². The lowest BCUT2D eigenvalue weighted by Crippen LogP contribution is -2.31. The minimum absolute atomic E-state index is 0.111. The number of hydrogen-bond donors (Lipinski definition) is 1. The van der Waals surface area contributed by atoms with E-state index in [1.807, 2.05) is 0 Å². The Morgan fingerprint density at radius 1 is 1.38 bits per heavy atom. The standard InChI is InChI=1S/C9H19NO2S/c1-8-3-2-4-9(7-8)13(11,12)6-5-10/h8-9H,2-7,10H2,1H3. The van der Waals surface area contributed by atoms with Crippen LogP contribution in [0.1, 0.15) is 32.6 Å². The summed E-state index contributed by atoms with van der Waals surface area (Å²) in [6.45, 7) is 2.39. The van der Waals surface area contributed by atoms with Crippen LogP contribution in [0.2, 0.25) is 0 Å². The summed E-state index contributed by atoms with van der Waals surface area (Å²) in [5, 5.41) is -0.111. The molecule has 2 N–H and O–H groups in total. The van der Waals surface area contributed by atoms with Gasteiger partial charge in [0.1, 0.15) is 0 Å². The zero-order chi connectivity index (χ0) is 9.90. The monoisotopic (exact) mass is 205 g/mol. The maximum atomic E-state index is 11.7. The fourth-order valence-electron chi connectivity index (χ4n) is 2.04. The van der Waals surface area contributed by atoms with Crippen molar-refractivity contribution in [2.45, 2.75) is 37.9 Å². The highest BCUT2D eigenvalue weighted by molar-refractivity contribution is 7.92. The molecular formula is C9H19NO2S. The van der Waals surface area contributed by atoms with Gasteiger partial charge in [0.15, 0.2) is 9.84 Å². The third-order valence-electron chi connectivity index (χ3n) is 2.80. The van der Waals surface area contributed by atoms with E-state index in [2.05, 4.69) is 6.92 Å². The van der Waals surface area contributed by atoms with Crippen LogP contribution in [0.4, 0.5) is 0 Å². The van der Waals surface area contributed by atoms with E-state index in [1.165, 1.54) is 6.42 Å². The van der Waals surface area contributed by atoms with Crippen LogP contribution in [-0.4, -0.2) is 26.0 Å². The first-order chi connectivity index (χ1) is 6.06. The summed E-state index contributed by atoms with van der Waals surface area (Å²) >= 11 is 0. The molecule has 2 atom stereocenters. The predicted molar refractivity (Wildman–Crippen MR) is 54.3 cm³/mol. The van der Waals surface area contributed by atoms with Gasteiger partial charge in [-0.2, -0.15) is 0 Å². The minimum atomic E-state index is -2.89. The van der Waals surface area contributed by atoms with Crippen LogP contribution in [0.15, 0.2) is 0 Å². The fraction of sp³-hybridized carbons (Fsp3) is 1.00. The van der Waals surface area contributed by atoms with Gasteiger partial charge < -0.3 is 5.73 Å². The van der Waals surface area contributed by atoms with E-state index in [9.17, 15) is 8.42 Å². The molecule has 1 fully saturated rings. The zero-order valence-electron chi connectivity index (χ0n) is 8.20. The molecule has 0 saturated heterocycles. The second kappa shape index (κ2) is 4.42. The molecule has 0 heterocycles. The van der Waals surface area contributed by atoms with Crippen molar-refractivity contribution in [2.24, 2.45) is 11.7 Å². The topological polar surface area (TPSA) is 60.2 Å². The van der Waals surface area contributed by atoms with Crippen molar-refractivity contribution in [3.63, 3.8) is 0 Å². The number of nitrogens with two attached hydrogens (primary N) is 1. The summed E-state index contributed by atoms with van der Waals surface area (Å²) in [4.78, 5) is 0. The van der Waals surface area contributed by atoms with Gasteiger partial charge in [0.25, 0.3) is 0 Å². The SMILES string of the molecule is CC1CCCC(S(=O)(=O)CCN)C1. The van der Waals surface area contributed by atoms with E-state index in [-0.39, 0.29) is 17.5 Å². The van der Waals surface area contributed by atoms with Gasteiger partial charge in [0.05, 0.1) is 11.0 Å². The second-order valence-corrected chi connectivity index (χ2v) is 6.45. The van der Waals surface area contributed by atoms with Gasteiger partial charge in [0, 0.05) is 6.54 Å². The van der Waals surface area contributed by atoms with Gasteiger partial charge in [-0.25, -0.2) is 8.42 Å². The summed E-state index contributed by atoms with van der Waals surface area (Å²) in [6.07, 6.45) is 3.90. The maximum absolute atomic E-state index is 11.7. The molecule has 1 rings (SSSR count). The fourth-order valence-corrected chi connectivity index (χ4v) is 3.84. The largest absolute Gasteiger partial charge is 0.329 e. The Kier molecular flexibility index (Phi) is 3.74. The number of hydrogen-bond acceptors (Lipinski definition) is 3. The van der Waals surface area contributed by atoms with Crippen molar-refractivity contribution >= 4 is 9.84 Å². The highest BCUT2D eigenvalue weighted by Crippen LogP contribution is 2.28. The first kappa shape index (κ1) is 11.0. The average molecular weight is 205 g/mol. The Morgan fingerprint density at radius 2 is 2.08 bits per heavy atom. The first-order valence-corrected chi connectivity index (χ1v) is 6.69. The minimum Gasteiger partial charge on any atom is -0.329 e. The van der Waals surface area contributed by atoms with Crippen molar-refractivity contribution in [2.75, 3.05) is 12.3 Å². The molecule has 0 radical (unpaired) electrons. The highest BCUT2D eigenvalue weighted by atomic mass is 32.2. The Bertz CT molecular complexity index is 248. The third kappa shape index (κ3) is 2.95. The van der Waals surface area contributed by atoms with Crippen LogP contribution in [0.25, 0.3) is 0 Å². The van der Waals surface area contributed by atoms with Crippen LogP contribution in [-0.2, 0) is 9.84 Å². The van der Waals surface area contributed by atoms with Crippen LogP contribution in [0.5, 0.6) is 0 Å². The molecule has 1 aliphatic rings. The van der Waals surface area contributed by atoms with E-state index in [1.54, 1.807) is 0 Å². The molecule has 13 heavy (non-hydrogen) atoms. The summed E-state index contributed by atoms with van der Waals surface area (Å²) in [5.74, 6) is 0.719. The van der Waals surface area contributed by atoms with Gasteiger partial charge in [-0.05, 0) is 18.8 Å². The average Bonchev–Trinajstić information content (AvgIpc) is 2.04. The van der Waals surface area contributed by atoms with Gasteiger partial charge in [-0.15, -0.1) is 0 Å². The van der Waals surface area contributed by atoms with E-state index in [0.717, 1.165) is 19.3 Å². The molecule has 4 heteroatoms. The van der Waals surface area contributed by atoms with Crippen LogP contribution < -0.4 is 5.73 Å². The molecule has 1 aliphatic carbocycles. The van der Waals surface area contributed by atoms with E-state index in [0.29, 0.717) is 5.92 Å². The smallest absolute Gasteiger partial charge is 0.154 e. The van der Waals surface area contributed by atoms with Gasteiger partial charge >= 0.3 is 0 Å². The van der Waals surface area contributed by atoms with Gasteiger partial charge in [-0.3, -0.25) is 0 Å². The van der Waals surface area contributed by atoms with Crippen molar-refractivity contribution in [3.05, 3.63) is 0 Å². The van der Waals surface area contributed by atoms with Crippen LogP contribution >= 0.6 is 0 Å². The van der Waals surface area contributed by atoms with Crippen molar-refractivity contribution in [1.29, 1.82) is 0 Å². The molecule has 0 spiro atoms. The van der Waals surface area contributed by atoms with Crippen molar-refractivity contribution in [3.8, 4) is 0 Å². The summed E-state index contributed by atoms with van der Waals surface area (Å²) in [5.41, 5.74) is 5.28. The summed E-state index contributed by atoms with van der Waals surface area (Å²) < 4.78 is 23.3. The van der Waals surface area contributed by atoms with E-state index < -0.39 is 9.84 Å². The quantitative estimate of drug-likeness (QED) is 0.746. The van der Waals surface area contributed by atoms with Crippen molar-refractivity contribution in [1.82, 2.24) is 0 Å². The highest BCUT2D eigenvalue weighted by Gasteiger charge is 2.29. The normalized spacial score (nSPS) is 30.3. The van der Waals surface area contributed by atoms with Gasteiger partial charge in [-0.1, -0.05) is 19.8 Å². The Labute approximate surface area is 80.6 Å². The van der Waals surface area contributed by atoms with E-state index in [4.69, 9.17) is 5.73 Å². The molecule has 3 nitrogen and oxygen atoms in total. The lowest BCUT2D eigenvalue weighted by Gasteiger charge is -2.26. The molecular weight excluding hydrogens is 186 g/mol.